The first-order chi connectivity index (χ1) is 13.0. The molecule has 3 amide bonds. The first kappa shape index (κ1) is 18.1. The number of ether oxygens (including phenoxy) is 2. The molecule has 0 atom stereocenters. The largest absolute Gasteiger partial charge is 0.489 e. The van der Waals surface area contributed by atoms with Crippen LogP contribution in [0.1, 0.15) is 21.5 Å². The molecule has 0 spiro atoms. The number of hydrazone groups is 1. The van der Waals surface area contributed by atoms with Crippen LogP contribution in [0, 0.1) is 0 Å². The fraction of sp³-hybridized carbons (Fsp3) is 0.158. The first-order valence-electron chi connectivity index (χ1n) is 8.10. The number of carbonyl (C=O) groups is 3. The molecule has 1 heterocycles. The van der Waals surface area contributed by atoms with E-state index in [0.29, 0.717) is 17.9 Å². The summed E-state index contributed by atoms with van der Waals surface area (Å²) < 4.78 is 10.4. The number of carbonyl (C=O) groups excluding carboxylic acids is 3. The number of benzene rings is 2. The standard InChI is InChI=1S/C19H17N3O5/c1-26-18(24)15-6-2-14(3-7-15)12-27-16-8-4-13(5-9-16)10-20-22-11-17(23)21-19(22)25/h2-10H,11-12H2,1H3,(H,21,23,25)/b20-10+. The zero-order valence-electron chi connectivity index (χ0n) is 14.5. The SMILES string of the molecule is COC(=O)c1ccc(COc2ccc(/C=N/N3CC(=O)NC3=O)cc2)cc1. The number of hydrogen-bond acceptors (Lipinski definition) is 6. The lowest BCUT2D eigenvalue weighted by molar-refractivity contribution is -0.118. The van der Waals surface area contributed by atoms with Gasteiger partial charge in [0.15, 0.2) is 0 Å². The summed E-state index contributed by atoms with van der Waals surface area (Å²) in [6.07, 6.45) is 1.49. The van der Waals surface area contributed by atoms with Crippen LogP contribution in [0.2, 0.25) is 0 Å². The van der Waals surface area contributed by atoms with E-state index in [1.165, 1.54) is 13.3 Å². The van der Waals surface area contributed by atoms with Gasteiger partial charge in [-0.15, -0.1) is 0 Å². The van der Waals surface area contributed by atoms with Crippen molar-refractivity contribution < 1.29 is 23.9 Å². The van der Waals surface area contributed by atoms with E-state index in [0.717, 1.165) is 16.1 Å². The second-order valence-electron chi connectivity index (χ2n) is 5.70. The number of urea groups is 1. The summed E-state index contributed by atoms with van der Waals surface area (Å²) in [6, 6.07) is 13.6. The van der Waals surface area contributed by atoms with Gasteiger partial charge in [-0.2, -0.15) is 5.10 Å². The predicted molar refractivity (Wildman–Crippen MR) is 96.4 cm³/mol. The first-order valence-corrected chi connectivity index (χ1v) is 8.10. The third kappa shape index (κ3) is 4.69. The van der Waals surface area contributed by atoms with Crippen LogP contribution in [0.25, 0.3) is 0 Å². The van der Waals surface area contributed by atoms with Crippen molar-refractivity contribution in [2.24, 2.45) is 5.10 Å². The molecule has 0 unspecified atom stereocenters. The zero-order chi connectivity index (χ0) is 19.2. The number of hydrogen-bond donors (Lipinski definition) is 1. The van der Waals surface area contributed by atoms with Gasteiger partial charge in [0.05, 0.1) is 18.9 Å². The van der Waals surface area contributed by atoms with Crippen molar-refractivity contribution in [3.63, 3.8) is 0 Å². The Labute approximate surface area is 155 Å². The highest BCUT2D eigenvalue weighted by atomic mass is 16.5. The highest BCUT2D eigenvalue weighted by molar-refractivity contribution is 6.02. The second kappa shape index (κ2) is 8.13. The topological polar surface area (TPSA) is 97.3 Å². The van der Waals surface area contributed by atoms with Crippen molar-refractivity contribution in [2.45, 2.75) is 6.61 Å². The molecule has 138 valence electrons. The molecule has 1 aliphatic heterocycles. The molecule has 8 heteroatoms. The molecule has 8 nitrogen and oxygen atoms in total. The van der Waals surface area contributed by atoms with E-state index in [4.69, 9.17) is 4.74 Å². The van der Waals surface area contributed by atoms with E-state index < -0.39 is 6.03 Å². The van der Waals surface area contributed by atoms with Crippen LogP contribution in [-0.2, 0) is 16.1 Å². The number of imide groups is 1. The minimum Gasteiger partial charge on any atom is -0.489 e. The third-order valence-corrected chi connectivity index (χ3v) is 3.78. The van der Waals surface area contributed by atoms with Crippen molar-refractivity contribution in [3.05, 3.63) is 65.2 Å². The third-order valence-electron chi connectivity index (χ3n) is 3.78. The monoisotopic (exact) mass is 367 g/mol. The van der Waals surface area contributed by atoms with Crippen LogP contribution in [0.4, 0.5) is 4.79 Å². The molecule has 27 heavy (non-hydrogen) atoms. The molecular formula is C19H17N3O5. The van der Waals surface area contributed by atoms with Crippen molar-refractivity contribution in [3.8, 4) is 5.75 Å². The number of rotatable bonds is 6. The molecular weight excluding hydrogens is 350 g/mol. The highest BCUT2D eigenvalue weighted by Crippen LogP contribution is 2.14. The van der Waals surface area contributed by atoms with Gasteiger partial charge in [0, 0.05) is 0 Å². The maximum absolute atomic E-state index is 11.4. The quantitative estimate of drug-likeness (QED) is 0.478. The van der Waals surface area contributed by atoms with Gasteiger partial charge in [-0.1, -0.05) is 12.1 Å². The minimum atomic E-state index is -0.533. The Balaban J connectivity index is 1.54. The predicted octanol–water partition coefficient (Wildman–Crippen LogP) is 1.94. The molecule has 2 aromatic carbocycles. The Bertz CT molecular complexity index is 875. The Morgan fingerprint density at radius 3 is 2.44 bits per heavy atom. The molecule has 1 fully saturated rings. The van der Waals surface area contributed by atoms with E-state index in [-0.39, 0.29) is 18.4 Å². The summed E-state index contributed by atoms with van der Waals surface area (Å²) in [5, 5.41) is 7.18. The second-order valence-corrected chi connectivity index (χ2v) is 5.70. The Morgan fingerprint density at radius 1 is 1.15 bits per heavy atom. The van der Waals surface area contributed by atoms with E-state index >= 15 is 0 Å². The van der Waals surface area contributed by atoms with E-state index in [2.05, 4.69) is 15.2 Å². The molecule has 0 aliphatic carbocycles. The van der Waals surface area contributed by atoms with Gasteiger partial charge in [0.1, 0.15) is 18.9 Å². The number of nitrogens with one attached hydrogen (secondary N) is 1. The average Bonchev–Trinajstić information content (AvgIpc) is 3.02. The lowest BCUT2D eigenvalue weighted by atomic mass is 10.1. The van der Waals surface area contributed by atoms with Gasteiger partial charge in [-0.25, -0.2) is 14.6 Å². The van der Waals surface area contributed by atoms with Crippen LogP contribution in [-0.4, -0.2) is 42.8 Å². The van der Waals surface area contributed by atoms with E-state index in [1.807, 2.05) is 0 Å². The van der Waals surface area contributed by atoms with Gasteiger partial charge in [0.25, 0.3) is 0 Å². The molecule has 2 aromatic rings. The minimum absolute atomic E-state index is 0.0781. The van der Waals surface area contributed by atoms with Crippen molar-refractivity contribution in [1.29, 1.82) is 0 Å². The van der Waals surface area contributed by atoms with Gasteiger partial charge in [-0.05, 0) is 47.5 Å². The van der Waals surface area contributed by atoms with Crippen LogP contribution in [0.5, 0.6) is 5.75 Å². The van der Waals surface area contributed by atoms with Crippen LogP contribution >= 0.6 is 0 Å². The lowest BCUT2D eigenvalue weighted by Gasteiger charge is -2.08. The summed E-state index contributed by atoms with van der Waals surface area (Å²) in [5.74, 6) is -0.0886. The van der Waals surface area contributed by atoms with Gasteiger partial charge < -0.3 is 9.47 Å². The fourth-order valence-electron chi connectivity index (χ4n) is 2.33. The average molecular weight is 367 g/mol. The Hall–Kier alpha value is -3.68. The maximum atomic E-state index is 11.4. The van der Waals surface area contributed by atoms with Crippen molar-refractivity contribution in [2.75, 3.05) is 13.7 Å². The molecule has 1 aliphatic rings. The number of methoxy groups -OCH3 is 1. The lowest BCUT2D eigenvalue weighted by Crippen LogP contribution is -2.24. The number of esters is 1. The summed E-state index contributed by atoms with van der Waals surface area (Å²) in [6.45, 7) is 0.274. The maximum Gasteiger partial charge on any atom is 0.344 e. The van der Waals surface area contributed by atoms with Crippen LogP contribution in [0.15, 0.2) is 53.6 Å². The molecule has 0 radical (unpaired) electrons. The fourth-order valence-corrected chi connectivity index (χ4v) is 2.33. The number of nitrogens with zero attached hydrogens (tertiary/aromatic N) is 2. The van der Waals surface area contributed by atoms with Crippen LogP contribution in [0.3, 0.4) is 0 Å². The molecule has 0 saturated carbocycles. The molecule has 0 aromatic heterocycles. The van der Waals surface area contributed by atoms with Gasteiger partial charge in [0.2, 0.25) is 5.91 Å². The smallest absolute Gasteiger partial charge is 0.344 e. The highest BCUT2D eigenvalue weighted by Gasteiger charge is 2.25. The van der Waals surface area contributed by atoms with Crippen LogP contribution < -0.4 is 10.1 Å². The summed E-state index contributed by atoms with van der Waals surface area (Å²) >= 11 is 0. The Morgan fingerprint density at radius 2 is 1.85 bits per heavy atom. The van der Waals surface area contributed by atoms with E-state index in [9.17, 15) is 14.4 Å². The number of amides is 3. The van der Waals surface area contributed by atoms with Gasteiger partial charge >= 0.3 is 12.0 Å². The summed E-state index contributed by atoms with van der Waals surface area (Å²) in [4.78, 5) is 33.9. The molecule has 0 bridgehead atoms. The Kier molecular flexibility index (Phi) is 5.46. The molecule has 1 N–H and O–H groups in total. The summed E-state index contributed by atoms with van der Waals surface area (Å²) in [5.41, 5.74) is 2.16. The molecule has 3 rings (SSSR count). The van der Waals surface area contributed by atoms with Crippen molar-refractivity contribution in [1.82, 2.24) is 10.3 Å². The van der Waals surface area contributed by atoms with Gasteiger partial charge in [-0.3, -0.25) is 10.1 Å². The summed E-state index contributed by atoms with van der Waals surface area (Å²) in [7, 11) is 1.34. The zero-order valence-corrected chi connectivity index (χ0v) is 14.5. The van der Waals surface area contributed by atoms with E-state index in [1.54, 1.807) is 48.5 Å². The molecule has 1 saturated heterocycles. The normalized spacial score (nSPS) is 13.7. The van der Waals surface area contributed by atoms with Crippen molar-refractivity contribution >= 4 is 24.1 Å².